The standard InChI is InChI=1S/C20H32N2O3/c1-4-6-11-21(3)20(24)17-9-12-22(13-10-17)15-16-7-8-18(23)19(14-16)25-5-2/h7-8,14,17,23H,4-6,9-13,15H2,1-3H3. The number of carbonyl (C=O) groups is 1. The van der Waals surface area contributed by atoms with Gasteiger partial charge in [-0.1, -0.05) is 19.4 Å². The Hall–Kier alpha value is -1.75. The van der Waals surface area contributed by atoms with Crippen LogP contribution in [0.15, 0.2) is 18.2 Å². The maximum Gasteiger partial charge on any atom is 0.225 e. The third kappa shape index (κ3) is 5.63. The first-order valence-electron chi connectivity index (χ1n) is 9.47. The van der Waals surface area contributed by atoms with E-state index in [-0.39, 0.29) is 11.7 Å². The number of phenols is 1. The van der Waals surface area contributed by atoms with Crippen molar-refractivity contribution in [3.63, 3.8) is 0 Å². The van der Waals surface area contributed by atoms with Crippen molar-refractivity contribution < 1.29 is 14.6 Å². The van der Waals surface area contributed by atoms with Crippen molar-refractivity contribution in [1.29, 1.82) is 0 Å². The zero-order chi connectivity index (χ0) is 18.2. The molecule has 0 bridgehead atoms. The van der Waals surface area contributed by atoms with Crippen molar-refractivity contribution in [3.05, 3.63) is 23.8 Å². The number of amides is 1. The Morgan fingerprint density at radius 1 is 1.32 bits per heavy atom. The highest BCUT2D eigenvalue weighted by Crippen LogP contribution is 2.28. The highest BCUT2D eigenvalue weighted by molar-refractivity contribution is 5.78. The number of nitrogens with zero attached hydrogens (tertiary/aromatic N) is 2. The van der Waals surface area contributed by atoms with Crippen LogP contribution in [0.4, 0.5) is 0 Å². The Morgan fingerprint density at radius 3 is 2.68 bits per heavy atom. The van der Waals surface area contributed by atoms with E-state index in [2.05, 4.69) is 11.8 Å². The predicted molar refractivity (Wildman–Crippen MR) is 99.8 cm³/mol. The number of hydrogen-bond donors (Lipinski definition) is 1. The van der Waals surface area contributed by atoms with Crippen molar-refractivity contribution in [2.24, 2.45) is 5.92 Å². The maximum absolute atomic E-state index is 12.5. The molecule has 0 aromatic heterocycles. The molecule has 0 atom stereocenters. The van der Waals surface area contributed by atoms with Crippen molar-refractivity contribution in [2.45, 2.75) is 46.1 Å². The number of rotatable bonds is 8. The second kappa shape index (κ2) is 9.66. The van der Waals surface area contributed by atoms with E-state index in [0.29, 0.717) is 18.3 Å². The fourth-order valence-electron chi connectivity index (χ4n) is 3.34. The van der Waals surface area contributed by atoms with Crippen LogP contribution < -0.4 is 4.74 Å². The average molecular weight is 348 g/mol. The molecule has 0 radical (unpaired) electrons. The first kappa shape index (κ1) is 19.6. The van der Waals surface area contributed by atoms with E-state index < -0.39 is 0 Å². The molecule has 1 fully saturated rings. The van der Waals surface area contributed by atoms with Crippen LogP contribution in [0.5, 0.6) is 11.5 Å². The molecule has 0 aliphatic carbocycles. The Morgan fingerprint density at radius 2 is 2.04 bits per heavy atom. The number of piperidine rings is 1. The molecule has 1 heterocycles. The number of hydrogen-bond acceptors (Lipinski definition) is 4. The molecule has 1 aliphatic heterocycles. The lowest BCUT2D eigenvalue weighted by Gasteiger charge is -2.33. The van der Waals surface area contributed by atoms with Gasteiger partial charge in [-0.3, -0.25) is 9.69 Å². The molecular weight excluding hydrogens is 316 g/mol. The minimum Gasteiger partial charge on any atom is -0.504 e. The van der Waals surface area contributed by atoms with Crippen LogP contribution in [0.1, 0.15) is 45.1 Å². The van der Waals surface area contributed by atoms with Gasteiger partial charge in [-0.15, -0.1) is 0 Å². The molecule has 5 heteroatoms. The average Bonchev–Trinajstić information content (AvgIpc) is 2.62. The molecule has 0 spiro atoms. The van der Waals surface area contributed by atoms with Gasteiger partial charge >= 0.3 is 0 Å². The lowest BCUT2D eigenvalue weighted by atomic mass is 9.95. The van der Waals surface area contributed by atoms with Gasteiger partial charge in [-0.05, 0) is 57.0 Å². The molecule has 1 N–H and O–H groups in total. The molecule has 1 amide bonds. The summed E-state index contributed by atoms with van der Waals surface area (Å²) >= 11 is 0. The van der Waals surface area contributed by atoms with Gasteiger partial charge in [0.1, 0.15) is 0 Å². The molecule has 1 aliphatic rings. The van der Waals surface area contributed by atoms with Crippen LogP contribution in [0, 0.1) is 5.92 Å². The predicted octanol–water partition coefficient (Wildman–Crippen LogP) is 3.26. The van der Waals surface area contributed by atoms with Gasteiger partial charge in [0.2, 0.25) is 5.91 Å². The second-order valence-corrected chi connectivity index (χ2v) is 6.90. The molecule has 5 nitrogen and oxygen atoms in total. The lowest BCUT2D eigenvalue weighted by Crippen LogP contribution is -2.41. The second-order valence-electron chi connectivity index (χ2n) is 6.90. The van der Waals surface area contributed by atoms with Gasteiger partial charge in [0.05, 0.1) is 6.61 Å². The van der Waals surface area contributed by atoms with Crippen LogP contribution in [0.25, 0.3) is 0 Å². The molecular formula is C20H32N2O3. The number of phenolic OH excluding ortho intramolecular Hbond substituents is 1. The molecule has 1 aromatic carbocycles. The largest absolute Gasteiger partial charge is 0.504 e. The first-order chi connectivity index (χ1) is 12.0. The van der Waals surface area contributed by atoms with E-state index in [1.54, 1.807) is 6.07 Å². The van der Waals surface area contributed by atoms with Crippen LogP contribution in [0.2, 0.25) is 0 Å². The summed E-state index contributed by atoms with van der Waals surface area (Å²) in [5.74, 6) is 1.20. The maximum atomic E-state index is 12.5. The van der Waals surface area contributed by atoms with E-state index in [0.717, 1.165) is 57.4 Å². The number of likely N-dealkylation sites (tertiary alicyclic amines) is 1. The summed E-state index contributed by atoms with van der Waals surface area (Å²) in [6, 6.07) is 5.54. The van der Waals surface area contributed by atoms with Crippen LogP contribution in [-0.2, 0) is 11.3 Å². The summed E-state index contributed by atoms with van der Waals surface area (Å²) in [4.78, 5) is 16.8. The number of benzene rings is 1. The summed E-state index contributed by atoms with van der Waals surface area (Å²) < 4.78 is 5.45. The molecule has 25 heavy (non-hydrogen) atoms. The molecule has 0 unspecified atom stereocenters. The van der Waals surface area contributed by atoms with Gasteiger partial charge in [-0.25, -0.2) is 0 Å². The summed E-state index contributed by atoms with van der Waals surface area (Å²) in [5, 5.41) is 9.80. The fraction of sp³-hybridized carbons (Fsp3) is 0.650. The van der Waals surface area contributed by atoms with Gasteiger partial charge in [0.15, 0.2) is 11.5 Å². The van der Waals surface area contributed by atoms with E-state index in [9.17, 15) is 9.90 Å². The van der Waals surface area contributed by atoms with E-state index in [1.165, 1.54) is 0 Å². The molecule has 140 valence electrons. The SMILES string of the molecule is CCCCN(C)C(=O)C1CCN(Cc2ccc(O)c(OCC)c2)CC1. The molecule has 1 saturated heterocycles. The Kier molecular flexibility index (Phi) is 7.56. The van der Waals surface area contributed by atoms with Gasteiger partial charge in [0, 0.05) is 26.1 Å². The summed E-state index contributed by atoms with van der Waals surface area (Å²) in [6.45, 7) is 8.15. The van der Waals surface area contributed by atoms with E-state index in [1.807, 2.05) is 31.0 Å². The minimum atomic E-state index is 0.164. The summed E-state index contributed by atoms with van der Waals surface area (Å²) in [6.07, 6.45) is 4.04. The van der Waals surface area contributed by atoms with Gasteiger partial charge < -0.3 is 14.7 Å². The first-order valence-corrected chi connectivity index (χ1v) is 9.47. The quantitative estimate of drug-likeness (QED) is 0.783. The minimum absolute atomic E-state index is 0.164. The van der Waals surface area contributed by atoms with Crippen LogP contribution in [-0.4, -0.2) is 54.1 Å². The zero-order valence-electron chi connectivity index (χ0n) is 15.8. The monoisotopic (exact) mass is 348 g/mol. The lowest BCUT2D eigenvalue weighted by molar-refractivity contribution is -0.135. The topological polar surface area (TPSA) is 53.0 Å². The zero-order valence-corrected chi connectivity index (χ0v) is 15.8. The van der Waals surface area contributed by atoms with Gasteiger partial charge in [-0.2, -0.15) is 0 Å². The molecule has 2 rings (SSSR count). The number of unbranched alkanes of at least 4 members (excludes halogenated alkanes) is 1. The third-order valence-corrected chi connectivity index (χ3v) is 4.89. The molecule has 0 saturated carbocycles. The fourth-order valence-corrected chi connectivity index (χ4v) is 3.34. The molecule has 1 aromatic rings. The Labute approximate surface area is 151 Å². The third-order valence-electron chi connectivity index (χ3n) is 4.89. The summed E-state index contributed by atoms with van der Waals surface area (Å²) in [5.41, 5.74) is 1.13. The Balaban J connectivity index is 1.84. The van der Waals surface area contributed by atoms with Crippen molar-refractivity contribution >= 4 is 5.91 Å². The highest BCUT2D eigenvalue weighted by atomic mass is 16.5. The highest BCUT2D eigenvalue weighted by Gasteiger charge is 2.27. The van der Waals surface area contributed by atoms with E-state index in [4.69, 9.17) is 4.74 Å². The van der Waals surface area contributed by atoms with Crippen molar-refractivity contribution in [2.75, 3.05) is 33.3 Å². The van der Waals surface area contributed by atoms with Crippen molar-refractivity contribution in [1.82, 2.24) is 9.80 Å². The Bertz CT molecular complexity index is 554. The summed E-state index contributed by atoms with van der Waals surface area (Å²) in [7, 11) is 1.93. The number of ether oxygens (including phenoxy) is 1. The normalized spacial score (nSPS) is 16.0. The smallest absolute Gasteiger partial charge is 0.225 e. The number of carbonyl (C=O) groups excluding carboxylic acids is 1. The van der Waals surface area contributed by atoms with Crippen LogP contribution in [0.3, 0.4) is 0 Å². The van der Waals surface area contributed by atoms with Crippen LogP contribution >= 0.6 is 0 Å². The number of aromatic hydroxyl groups is 1. The van der Waals surface area contributed by atoms with E-state index >= 15 is 0 Å². The van der Waals surface area contributed by atoms with Crippen molar-refractivity contribution in [3.8, 4) is 11.5 Å². The van der Waals surface area contributed by atoms with Gasteiger partial charge in [0.25, 0.3) is 0 Å².